The first-order valence-corrected chi connectivity index (χ1v) is 18.6. The summed E-state index contributed by atoms with van der Waals surface area (Å²) in [5.41, 5.74) is 14.9. The van der Waals surface area contributed by atoms with E-state index in [1.54, 1.807) is 13.2 Å². The van der Waals surface area contributed by atoms with E-state index in [9.17, 15) is 19.2 Å². The molecule has 0 aliphatic heterocycles. The lowest BCUT2D eigenvalue weighted by atomic mass is 9.94. The number of nitrogens with two attached hydrogens (primary N) is 2. The molecule has 1 aliphatic rings. The molecular formula is C37H53N9O4S. The number of thioether (sulfide) groups is 1. The summed E-state index contributed by atoms with van der Waals surface area (Å²) in [5.74, 6) is -0.547. The van der Waals surface area contributed by atoms with Crippen LogP contribution in [0.15, 0.2) is 59.7 Å². The summed E-state index contributed by atoms with van der Waals surface area (Å²) >= 11 is 1.45. The molecule has 0 fully saturated rings. The molecule has 0 saturated carbocycles. The van der Waals surface area contributed by atoms with Gasteiger partial charge in [-0.1, -0.05) is 56.3 Å². The Morgan fingerprint density at radius 3 is 2.24 bits per heavy atom. The minimum atomic E-state index is -0.991. The number of aliphatic imine (C=N–C) groups is 1. The van der Waals surface area contributed by atoms with Crippen molar-refractivity contribution in [2.24, 2.45) is 22.4 Å². The number of rotatable bonds is 19. The third kappa shape index (κ3) is 10.7. The smallest absolute Gasteiger partial charge is 0.243 e. The highest BCUT2D eigenvalue weighted by Gasteiger charge is 2.42. The zero-order chi connectivity index (χ0) is 37.0. The minimum Gasteiger partial charge on any atom is -0.370 e. The van der Waals surface area contributed by atoms with Crippen LogP contribution in [0.1, 0.15) is 49.8 Å². The molecule has 1 heterocycles. The van der Waals surface area contributed by atoms with Crippen LogP contribution in [0.3, 0.4) is 0 Å². The number of fused-ring (bicyclic) bond motifs is 2. The molecule has 0 saturated heterocycles. The largest absolute Gasteiger partial charge is 0.370 e. The van der Waals surface area contributed by atoms with Gasteiger partial charge in [0.15, 0.2) is 5.96 Å². The van der Waals surface area contributed by atoms with Crippen molar-refractivity contribution in [3.05, 3.63) is 71.4 Å². The lowest BCUT2D eigenvalue weighted by Crippen LogP contribution is -2.57. The van der Waals surface area contributed by atoms with Crippen LogP contribution in [0, 0.1) is 5.92 Å². The topological polar surface area (TPSA) is 209 Å². The van der Waals surface area contributed by atoms with E-state index in [0.717, 1.165) is 16.5 Å². The van der Waals surface area contributed by atoms with Crippen molar-refractivity contribution in [2.45, 2.75) is 75.2 Å². The van der Waals surface area contributed by atoms with Gasteiger partial charge >= 0.3 is 0 Å². The zero-order valence-electron chi connectivity index (χ0n) is 30.0. The highest BCUT2D eigenvalue weighted by Crippen LogP contribution is 2.30. The summed E-state index contributed by atoms with van der Waals surface area (Å²) in [6, 6.07) is 13.9. The number of aromatic amines is 1. The van der Waals surface area contributed by atoms with Crippen LogP contribution in [0.25, 0.3) is 10.9 Å². The molecule has 4 amide bonds. The molecule has 0 bridgehead atoms. The molecule has 13 nitrogen and oxygen atoms in total. The maximum atomic E-state index is 13.8. The molecule has 1 unspecified atom stereocenters. The highest BCUT2D eigenvalue weighted by atomic mass is 32.2. The number of aromatic nitrogens is 1. The van der Waals surface area contributed by atoms with Crippen LogP contribution in [0.5, 0.6) is 0 Å². The van der Waals surface area contributed by atoms with Crippen molar-refractivity contribution in [1.82, 2.24) is 31.6 Å². The lowest BCUT2D eigenvalue weighted by molar-refractivity contribution is -0.131. The van der Waals surface area contributed by atoms with Crippen molar-refractivity contribution in [2.75, 3.05) is 32.9 Å². The van der Waals surface area contributed by atoms with E-state index in [0.29, 0.717) is 44.5 Å². The zero-order valence-corrected chi connectivity index (χ0v) is 30.8. The first-order valence-electron chi connectivity index (χ1n) is 17.5. The molecule has 1 aliphatic carbocycles. The van der Waals surface area contributed by atoms with E-state index < -0.39 is 34.7 Å². The van der Waals surface area contributed by atoms with Gasteiger partial charge in [-0.05, 0) is 55.0 Å². The number of carbonyl (C=O) groups excluding carboxylic acids is 4. The molecule has 4 rings (SSSR count). The van der Waals surface area contributed by atoms with Crippen LogP contribution in [0.4, 0.5) is 0 Å². The SMILES string of the molecule is CN=C(N)NCCC[C@H](NC(=O)C(CC(C)C)SCCNC(=O)C1(NC)Cc2ccccc2C1)C(=O)N[C@@H](Cc1c[nH]c2ccccc12)C(N)=O. The standard InChI is InChI=1S/C37H53N9O4S/c1-23(2)18-31(51-17-16-42-35(50)37(41-4)20-24-10-5-6-11-25(24)21-37)34(49)45-29(14-9-15-43-36(39)40-3)33(48)46-30(32(38)47)19-26-22-44-28-13-8-7-12-27(26)28/h5-8,10-13,22-23,29-31,41,44H,9,14-21H2,1-4H3,(H2,38,47)(H,42,50)(H,45,49)(H,46,48)(H3,39,40,43)/t29-,30-,31?/m0/s1. The Morgan fingerprint density at radius 1 is 0.922 bits per heavy atom. The number of primary amides is 1. The maximum absolute atomic E-state index is 13.8. The second-order valence-electron chi connectivity index (χ2n) is 13.5. The van der Waals surface area contributed by atoms with Crippen LogP contribution in [-0.4, -0.2) is 90.4 Å². The van der Waals surface area contributed by atoms with E-state index >= 15 is 0 Å². The first kappa shape index (κ1) is 39.2. The van der Waals surface area contributed by atoms with Crippen LogP contribution in [0.2, 0.25) is 0 Å². The second-order valence-corrected chi connectivity index (χ2v) is 14.8. The molecule has 1 aromatic heterocycles. The Kier molecular flexibility index (Phi) is 14.3. The molecule has 3 aromatic rings. The van der Waals surface area contributed by atoms with Crippen molar-refractivity contribution in [3.63, 3.8) is 0 Å². The fourth-order valence-corrected chi connectivity index (χ4v) is 7.68. The predicted octanol–water partition coefficient (Wildman–Crippen LogP) is 1.50. The number of hydrogen-bond acceptors (Lipinski definition) is 7. The Morgan fingerprint density at radius 2 is 1.59 bits per heavy atom. The Labute approximate surface area is 304 Å². The molecule has 0 spiro atoms. The van der Waals surface area contributed by atoms with Gasteiger partial charge in [-0.15, -0.1) is 11.8 Å². The van der Waals surface area contributed by atoms with Crippen molar-refractivity contribution < 1.29 is 19.2 Å². The van der Waals surface area contributed by atoms with Gasteiger partial charge in [-0.25, -0.2) is 0 Å². The van der Waals surface area contributed by atoms with Crippen molar-refractivity contribution in [1.29, 1.82) is 0 Å². The summed E-state index contributed by atoms with van der Waals surface area (Å²) < 4.78 is 0. The molecule has 2 aromatic carbocycles. The second kappa shape index (κ2) is 18.6. The van der Waals surface area contributed by atoms with Crippen molar-refractivity contribution in [3.8, 4) is 0 Å². The average molecular weight is 720 g/mol. The average Bonchev–Trinajstić information content (AvgIpc) is 3.72. The third-order valence-electron chi connectivity index (χ3n) is 9.31. The van der Waals surface area contributed by atoms with Gasteiger partial charge in [0, 0.05) is 62.3 Å². The lowest BCUT2D eigenvalue weighted by Gasteiger charge is -2.27. The third-order valence-corrected chi connectivity index (χ3v) is 10.6. The summed E-state index contributed by atoms with van der Waals surface area (Å²) in [6.45, 7) is 4.89. The first-order chi connectivity index (χ1) is 24.5. The van der Waals surface area contributed by atoms with Gasteiger partial charge in [0.2, 0.25) is 23.6 Å². The molecule has 14 heteroatoms. The van der Waals surface area contributed by atoms with Gasteiger partial charge in [-0.2, -0.15) is 0 Å². The molecule has 276 valence electrons. The molecule has 0 radical (unpaired) electrons. The van der Waals surface area contributed by atoms with E-state index in [1.807, 2.05) is 57.3 Å². The molecule has 10 N–H and O–H groups in total. The van der Waals surface area contributed by atoms with E-state index in [1.165, 1.54) is 22.9 Å². The number of para-hydroxylation sites is 1. The van der Waals surface area contributed by atoms with Gasteiger partial charge < -0.3 is 43.0 Å². The van der Waals surface area contributed by atoms with E-state index in [-0.39, 0.29) is 36.5 Å². The van der Waals surface area contributed by atoms with Gasteiger partial charge in [-0.3, -0.25) is 24.2 Å². The Hall–Kier alpha value is -4.56. The fourth-order valence-electron chi connectivity index (χ4n) is 6.43. The van der Waals surface area contributed by atoms with E-state index in [2.05, 4.69) is 48.7 Å². The number of hydrogen-bond donors (Lipinski definition) is 8. The van der Waals surface area contributed by atoms with Gasteiger partial charge in [0.05, 0.1) is 5.25 Å². The number of likely N-dealkylation sites (N-methyl/N-ethyl adjacent to an activating group) is 1. The number of guanidine groups is 1. The van der Waals surface area contributed by atoms with E-state index in [4.69, 9.17) is 11.5 Å². The fraction of sp³-hybridized carbons (Fsp3) is 0.486. The number of H-pyrrole nitrogens is 1. The summed E-state index contributed by atoms with van der Waals surface area (Å²) in [5, 5.41) is 15.5. The van der Waals surface area contributed by atoms with Crippen LogP contribution < -0.4 is 38.1 Å². The predicted molar refractivity (Wildman–Crippen MR) is 204 cm³/mol. The van der Waals surface area contributed by atoms with Gasteiger partial charge in [0.25, 0.3) is 0 Å². The highest BCUT2D eigenvalue weighted by molar-refractivity contribution is 8.00. The normalized spacial score (nSPS) is 15.5. The summed E-state index contributed by atoms with van der Waals surface area (Å²) in [6.07, 6.45) is 4.57. The van der Waals surface area contributed by atoms with Crippen LogP contribution in [-0.2, 0) is 38.4 Å². The van der Waals surface area contributed by atoms with Crippen LogP contribution >= 0.6 is 11.8 Å². The quantitative estimate of drug-likeness (QED) is 0.0516. The number of benzene rings is 2. The Balaban J connectivity index is 1.39. The van der Waals surface area contributed by atoms with Gasteiger partial charge in [0.1, 0.15) is 17.6 Å². The number of nitrogens with zero attached hydrogens (tertiary/aromatic N) is 1. The summed E-state index contributed by atoms with van der Waals surface area (Å²) in [7, 11) is 3.38. The van der Waals surface area contributed by atoms with Crippen molar-refractivity contribution >= 4 is 52.3 Å². The summed E-state index contributed by atoms with van der Waals surface area (Å²) in [4.78, 5) is 60.5. The number of amides is 4. The Bertz CT molecular complexity index is 1670. The molecule has 51 heavy (non-hydrogen) atoms. The molecule has 3 atom stereocenters. The number of carbonyl (C=O) groups is 4. The monoisotopic (exact) mass is 719 g/mol. The molecular weight excluding hydrogens is 667 g/mol. The maximum Gasteiger partial charge on any atom is 0.243 e. The number of nitrogens with one attached hydrogen (secondary N) is 6. The minimum absolute atomic E-state index is 0.0672.